The Balaban J connectivity index is 1.45. The molecule has 0 bridgehead atoms. The summed E-state index contributed by atoms with van der Waals surface area (Å²) < 4.78 is 46.3. The van der Waals surface area contributed by atoms with Crippen molar-refractivity contribution in [2.24, 2.45) is 0 Å². The molecule has 0 saturated heterocycles. The summed E-state index contributed by atoms with van der Waals surface area (Å²) in [5, 5.41) is 2.98. The van der Waals surface area contributed by atoms with Crippen LogP contribution in [0, 0.1) is 0 Å². The SMILES string of the molecule is O=C(Nc1ccccc1-c1nc2ccccc2o1)c1cccc(N(Cc2ccccc2Cl)C(=O)C(F)(F)F)c1. The standard InChI is InChI=1S/C29H19ClF3N3O3/c30-22-12-3-1-8-19(22)17-36(28(38)29(31,32)33)20-10-7-9-18(16-20)26(37)34-23-13-4-2-11-21(23)27-35-24-14-5-6-15-25(24)39-27/h1-16H,17H2,(H,34,37). The molecule has 0 fully saturated rings. The summed E-state index contributed by atoms with van der Waals surface area (Å²) in [7, 11) is 0. The van der Waals surface area contributed by atoms with Crippen LogP contribution in [-0.4, -0.2) is 23.0 Å². The molecule has 5 aromatic rings. The van der Waals surface area contributed by atoms with Crippen molar-refractivity contribution >= 4 is 45.9 Å². The number of halogens is 4. The first kappa shape index (κ1) is 26.0. The van der Waals surface area contributed by atoms with E-state index in [4.69, 9.17) is 16.0 Å². The molecule has 0 saturated carbocycles. The minimum Gasteiger partial charge on any atom is -0.436 e. The number of oxazole rings is 1. The summed E-state index contributed by atoms with van der Waals surface area (Å²) in [4.78, 5) is 30.6. The number of amides is 2. The highest BCUT2D eigenvalue weighted by atomic mass is 35.5. The van der Waals surface area contributed by atoms with E-state index in [0.29, 0.717) is 38.7 Å². The highest BCUT2D eigenvalue weighted by Gasteiger charge is 2.43. The lowest BCUT2D eigenvalue weighted by molar-refractivity contribution is -0.170. The number of para-hydroxylation sites is 3. The maximum Gasteiger partial charge on any atom is 0.471 e. The average molecular weight is 550 g/mol. The van der Waals surface area contributed by atoms with Gasteiger partial charge in [-0.2, -0.15) is 13.2 Å². The molecule has 6 nitrogen and oxygen atoms in total. The normalized spacial score (nSPS) is 11.4. The van der Waals surface area contributed by atoms with Gasteiger partial charge in [0.2, 0.25) is 5.89 Å². The van der Waals surface area contributed by atoms with Gasteiger partial charge in [0.05, 0.1) is 17.8 Å². The number of benzene rings is 4. The summed E-state index contributed by atoms with van der Waals surface area (Å²) in [5.41, 5.74) is 2.38. The molecule has 4 aromatic carbocycles. The number of nitrogens with zero attached hydrogens (tertiary/aromatic N) is 2. The third-order valence-corrected chi connectivity index (χ3v) is 6.26. The van der Waals surface area contributed by atoms with E-state index in [9.17, 15) is 22.8 Å². The number of anilines is 2. The van der Waals surface area contributed by atoms with Crippen LogP contribution in [0.2, 0.25) is 5.02 Å². The number of hydrogen-bond acceptors (Lipinski definition) is 4. The van der Waals surface area contributed by atoms with Gasteiger partial charge in [-0.15, -0.1) is 0 Å². The maximum atomic E-state index is 13.5. The Kier molecular flexibility index (Phi) is 7.08. The van der Waals surface area contributed by atoms with Crippen molar-refractivity contribution in [1.82, 2.24) is 4.98 Å². The quantitative estimate of drug-likeness (QED) is 0.238. The van der Waals surface area contributed by atoms with Gasteiger partial charge in [-0.25, -0.2) is 4.98 Å². The lowest BCUT2D eigenvalue weighted by Crippen LogP contribution is -2.41. The minimum absolute atomic E-state index is 0.0407. The lowest BCUT2D eigenvalue weighted by Gasteiger charge is -2.25. The van der Waals surface area contributed by atoms with E-state index >= 15 is 0 Å². The van der Waals surface area contributed by atoms with Crippen molar-refractivity contribution in [3.63, 3.8) is 0 Å². The van der Waals surface area contributed by atoms with Gasteiger partial charge in [0.15, 0.2) is 5.58 Å². The van der Waals surface area contributed by atoms with E-state index in [-0.39, 0.29) is 16.3 Å². The highest BCUT2D eigenvalue weighted by Crippen LogP contribution is 2.31. The van der Waals surface area contributed by atoms with Crippen LogP contribution in [0.1, 0.15) is 15.9 Å². The molecule has 10 heteroatoms. The zero-order chi connectivity index (χ0) is 27.6. The number of nitrogens with one attached hydrogen (secondary N) is 1. The summed E-state index contributed by atoms with van der Waals surface area (Å²) >= 11 is 6.14. The second-order valence-corrected chi connectivity index (χ2v) is 8.92. The van der Waals surface area contributed by atoms with E-state index in [1.807, 2.05) is 12.1 Å². The molecule has 0 unspecified atom stereocenters. The van der Waals surface area contributed by atoms with Crippen molar-refractivity contribution < 1.29 is 27.2 Å². The monoisotopic (exact) mass is 549 g/mol. The van der Waals surface area contributed by atoms with Crippen LogP contribution >= 0.6 is 11.6 Å². The van der Waals surface area contributed by atoms with Gasteiger partial charge in [0.1, 0.15) is 5.52 Å². The summed E-state index contributed by atoms with van der Waals surface area (Å²) in [5.74, 6) is -2.39. The number of rotatable bonds is 6. The Hall–Kier alpha value is -4.63. The van der Waals surface area contributed by atoms with Gasteiger partial charge in [0, 0.05) is 16.3 Å². The number of fused-ring (bicyclic) bond motifs is 1. The molecule has 0 aliphatic carbocycles. The molecular formula is C29H19ClF3N3O3. The first-order valence-corrected chi connectivity index (χ1v) is 12.1. The molecule has 196 valence electrons. The fourth-order valence-electron chi connectivity index (χ4n) is 4.01. The molecule has 1 heterocycles. The van der Waals surface area contributed by atoms with Crippen molar-refractivity contribution in [1.29, 1.82) is 0 Å². The summed E-state index contributed by atoms with van der Waals surface area (Å²) in [6, 6.07) is 25.7. The van der Waals surface area contributed by atoms with Crippen molar-refractivity contribution in [3.8, 4) is 11.5 Å². The van der Waals surface area contributed by atoms with Crippen molar-refractivity contribution in [2.75, 3.05) is 10.2 Å². The van der Waals surface area contributed by atoms with Crippen LogP contribution in [-0.2, 0) is 11.3 Å². The highest BCUT2D eigenvalue weighted by molar-refractivity contribution is 6.31. The smallest absolute Gasteiger partial charge is 0.436 e. The molecule has 2 amide bonds. The fourth-order valence-corrected chi connectivity index (χ4v) is 4.20. The Morgan fingerprint density at radius 2 is 1.62 bits per heavy atom. The molecule has 39 heavy (non-hydrogen) atoms. The van der Waals surface area contributed by atoms with Gasteiger partial charge in [-0.1, -0.05) is 60.1 Å². The Labute approximate surface area is 225 Å². The Morgan fingerprint density at radius 3 is 2.38 bits per heavy atom. The second kappa shape index (κ2) is 10.6. The maximum absolute atomic E-state index is 13.5. The molecular weight excluding hydrogens is 531 g/mol. The first-order valence-electron chi connectivity index (χ1n) is 11.7. The third-order valence-electron chi connectivity index (χ3n) is 5.89. The first-order chi connectivity index (χ1) is 18.7. The van der Waals surface area contributed by atoms with Gasteiger partial charge in [0.25, 0.3) is 5.91 Å². The van der Waals surface area contributed by atoms with Crippen LogP contribution < -0.4 is 10.2 Å². The Bertz CT molecular complexity index is 1650. The van der Waals surface area contributed by atoms with E-state index in [1.54, 1.807) is 48.5 Å². The minimum atomic E-state index is -5.14. The number of aromatic nitrogens is 1. The predicted octanol–water partition coefficient (Wildman–Crippen LogP) is 7.50. The molecule has 0 atom stereocenters. The third kappa shape index (κ3) is 5.63. The zero-order valence-corrected chi connectivity index (χ0v) is 20.8. The van der Waals surface area contributed by atoms with Gasteiger partial charge >= 0.3 is 12.1 Å². The van der Waals surface area contributed by atoms with E-state index in [0.717, 1.165) is 0 Å². The number of carbonyl (C=O) groups excluding carboxylic acids is 2. The van der Waals surface area contributed by atoms with Gasteiger partial charge in [-0.05, 0) is 54.1 Å². The molecule has 1 N–H and O–H groups in total. The lowest BCUT2D eigenvalue weighted by atomic mass is 10.1. The Morgan fingerprint density at radius 1 is 0.897 bits per heavy atom. The van der Waals surface area contributed by atoms with Crippen LogP contribution in [0.15, 0.2) is 101 Å². The average Bonchev–Trinajstić information content (AvgIpc) is 3.36. The molecule has 0 aliphatic rings. The van der Waals surface area contributed by atoms with E-state index in [1.165, 1.54) is 36.4 Å². The van der Waals surface area contributed by atoms with Crippen LogP contribution in [0.25, 0.3) is 22.6 Å². The molecule has 0 spiro atoms. The molecule has 0 aliphatic heterocycles. The van der Waals surface area contributed by atoms with Gasteiger partial charge < -0.3 is 14.6 Å². The molecule has 5 rings (SSSR count). The predicted molar refractivity (Wildman–Crippen MR) is 143 cm³/mol. The van der Waals surface area contributed by atoms with Crippen molar-refractivity contribution in [2.45, 2.75) is 12.7 Å². The largest absolute Gasteiger partial charge is 0.471 e. The van der Waals surface area contributed by atoms with Gasteiger partial charge in [-0.3, -0.25) is 9.59 Å². The van der Waals surface area contributed by atoms with Crippen LogP contribution in [0.5, 0.6) is 0 Å². The topological polar surface area (TPSA) is 75.4 Å². The summed E-state index contributed by atoms with van der Waals surface area (Å²) in [6.45, 7) is -0.441. The number of carbonyl (C=O) groups is 2. The van der Waals surface area contributed by atoms with E-state index < -0.39 is 24.5 Å². The summed E-state index contributed by atoms with van der Waals surface area (Å²) in [6.07, 6.45) is -5.14. The number of hydrogen-bond donors (Lipinski definition) is 1. The second-order valence-electron chi connectivity index (χ2n) is 8.52. The molecule has 0 radical (unpaired) electrons. The molecule has 1 aromatic heterocycles. The van der Waals surface area contributed by atoms with Crippen LogP contribution in [0.4, 0.5) is 24.5 Å². The number of alkyl halides is 3. The fraction of sp³-hybridized carbons (Fsp3) is 0.0690. The van der Waals surface area contributed by atoms with Crippen LogP contribution in [0.3, 0.4) is 0 Å². The zero-order valence-electron chi connectivity index (χ0n) is 20.1. The van der Waals surface area contributed by atoms with E-state index in [2.05, 4.69) is 10.3 Å². The van der Waals surface area contributed by atoms with Crippen molar-refractivity contribution in [3.05, 3.63) is 113 Å².